The van der Waals surface area contributed by atoms with E-state index in [9.17, 15) is 9.59 Å². The fourth-order valence-electron chi connectivity index (χ4n) is 1.98. The van der Waals surface area contributed by atoms with Gasteiger partial charge in [0.15, 0.2) is 6.23 Å². The molecule has 1 aromatic carbocycles. The van der Waals surface area contributed by atoms with Gasteiger partial charge in [-0.15, -0.1) is 0 Å². The van der Waals surface area contributed by atoms with E-state index in [0.717, 1.165) is 5.06 Å². The van der Waals surface area contributed by atoms with Gasteiger partial charge < -0.3 is 4.74 Å². The van der Waals surface area contributed by atoms with Crippen molar-refractivity contribution in [1.82, 2.24) is 5.06 Å². The van der Waals surface area contributed by atoms with Gasteiger partial charge in [0.05, 0.1) is 23.7 Å². The Morgan fingerprint density at radius 3 is 2.76 bits per heavy atom. The number of halogens is 2. The first-order valence-electron chi connectivity index (χ1n) is 6.28. The van der Waals surface area contributed by atoms with Crippen molar-refractivity contribution in [3.05, 3.63) is 28.2 Å². The number of rotatable bonds is 4. The molecule has 0 unspecified atom stereocenters. The van der Waals surface area contributed by atoms with E-state index >= 15 is 0 Å². The van der Waals surface area contributed by atoms with E-state index in [4.69, 9.17) is 32.8 Å². The van der Waals surface area contributed by atoms with Crippen LogP contribution in [0.2, 0.25) is 10.0 Å². The normalized spacial score (nSPS) is 18.3. The van der Waals surface area contributed by atoms with Crippen molar-refractivity contribution in [2.75, 3.05) is 18.6 Å². The average Bonchev–Trinajstić information content (AvgIpc) is 2.66. The molecule has 6 nitrogen and oxygen atoms in total. The van der Waals surface area contributed by atoms with Crippen LogP contribution in [0.1, 0.15) is 13.3 Å². The number of anilines is 1. The van der Waals surface area contributed by atoms with E-state index in [1.807, 2.05) is 0 Å². The average molecular weight is 333 g/mol. The van der Waals surface area contributed by atoms with Crippen LogP contribution in [0.25, 0.3) is 0 Å². The Kier molecular flexibility index (Phi) is 4.92. The Hall–Kier alpha value is -1.50. The molecule has 1 heterocycles. The second kappa shape index (κ2) is 6.51. The van der Waals surface area contributed by atoms with Crippen LogP contribution in [-0.2, 0) is 14.4 Å². The highest BCUT2D eigenvalue weighted by Crippen LogP contribution is 2.34. The lowest BCUT2D eigenvalue weighted by atomic mass is 10.2. The Labute approximate surface area is 132 Å². The van der Waals surface area contributed by atoms with E-state index < -0.39 is 18.2 Å². The van der Waals surface area contributed by atoms with Gasteiger partial charge in [0.25, 0.3) is 0 Å². The summed E-state index contributed by atoms with van der Waals surface area (Å²) in [5, 5.41) is 1.80. The lowest BCUT2D eigenvalue weighted by molar-refractivity contribution is -0.152. The molecule has 0 bridgehead atoms. The molecular weight excluding hydrogens is 319 g/mol. The van der Waals surface area contributed by atoms with Crippen LogP contribution >= 0.6 is 23.2 Å². The predicted octanol–water partition coefficient (Wildman–Crippen LogP) is 3.08. The summed E-state index contributed by atoms with van der Waals surface area (Å²) in [5.41, 5.74) is 0.421. The van der Waals surface area contributed by atoms with E-state index in [0.29, 0.717) is 15.7 Å². The van der Waals surface area contributed by atoms with Crippen molar-refractivity contribution >= 4 is 40.9 Å². The fraction of sp³-hybridized carbons (Fsp3) is 0.385. The molecular formula is C13H14Cl2N2O4. The minimum atomic E-state index is -0.805. The van der Waals surface area contributed by atoms with Crippen LogP contribution in [-0.4, -0.2) is 36.9 Å². The molecule has 0 N–H and O–H groups in total. The monoisotopic (exact) mass is 332 g/mol. The maximum atomic E-state index is 12.2. The van der Waals surface area contributed by atoms with Crippen molar-refractivity contribution in [3.8, 4) is 0 Å². The molecule has 2 amide bonds. The first kappa shape index (κ1) is 15.9. The highest BCUT2D eigenvalue weighted by atomic mass is 35.5. The number of carbonyl (C=O) groups excluding carboxylic acids is 2. The molecule has 21 heavy (non-hydrogen) atoms. The Balaban J connectivity index is 2.28. The van der Waals surface area contributed by atoms with Crippen molar-refractivity contribution < 1.29 is 19.2 Å². The lowest BCUT2D eigenvalue weighted by Crippen LogP contribution is -2.36. The maximum absolute atomic E-state index is 12.2. The topological polar surface area (TPSA) is 59.1 Å². The van der Waals surface area contributed by atoms with Gasteiger partial charge in [0, 0.05) is 12.1 Å². The number of esters is 1. The second-order valence-electron chi connectivity index (χ2n) is 4.31. The molecule has 1 atom stereocenters. The van der Waals surface area contributed by atoms with Gasteiger partial charge in [0.1, 0.15) is 0 Å². The quantitative estimate of drug-likeness (QED) is 0.795. The van der Waals surface area contributed by atoms with Crippen molar-refractivity contribution in [2.24, 2.45) is 0 Å². The van der Waals surface area contributed by atoms with Crippen LogP contribution in [0.15, 0.2) is 18.2 Å². The molecule has 0 aromatic heterocycles. The van der Waals surface area contributed by atoms with Gasteiger partial charge in [-0.1, -0.05) is 23.2 Å². The largest absolute Gasteiger partial charge is 0.466 e. The van der Waals surface area contributed by atoms with E-state index in [2.05, 4.69) is 0 Å². The molecule has 114 valence electrons. The molecule has 1 saturated heterocycles. The minimum Gasteiger partial charge on any atom is -0.466 e. The maximum Gasteiger partial charge on any atom is 0.350 e. The molecule has 1 aliphatic heterocycles. The van der Waals surface area contributed by atoms with Gasteiger partial charge >= 0.3 is 12.0 Å². The molecule has 2 rings (SSSR count). The smallest absolute Gasteiger partial charge is 0.350 e. The molecule has 8 heteroatoms. The summed E-state index contributed by atoms with van der Waals surface area (Å²) < 4.78 is 4.88. The number of carbonyl (C=O) groups is 2. The number of hydrogen-bond donors (Lipinski definition) is 0. The third-order valence-corrected chi connectivity index (χ3v) is 3.40. The third kappa shape index (κ3) is 3.40. The first-order chi connectivity index (χ1) is 9.93. The fourth-order valence-corrected chi connectivity index (χ4v) is 2.48. The summed E-state index contributed by atoms with van der Waals surface area (Å²) in [6, 6.07) is 4.30. The number of nitrogens with zero attached hydrogens (tertiary/aromatic N) is 2. The van der Waals surface area contributed by atoms with Crippen LogP contribution in [0.4, 0.5) is 10.5 Å². The second-order valence-corrected chi connectivity index (χ2v) is 5.16. The highest BCUT2D eigenvalue weighted by molar-refractivity contribution is 6.36. The van der Waals surface area contributed by atoms with E-state index in [-0.39, 0.29) is 13.0 Å². The zero-order valence-electron chi connectivity index (χ0n) is 11.5. The minimum absolute atomic E-state index is 0.0944. The van der Waals surface area contributed by atoms with Crippen LogP contribution < -0.4 is 4.90 Å². The molecule has 0 saturated carbocycles. The van der Waals surface area contributed by atoms with Gasteiger partial charge in [-0.05, 0) is 25.1 Å². The number of benzene rings is 1. The number of hydroxylamine groups is 2. The number of amides is 2. The molecule has 0 spiro atoms. The van der Waals surface area contributed by atoms with Gasteiger partial charge in [0.2, 0.25) is 0 Å². The molecule has 0 aliphatic carbocycles. The van der Waals surface area contributed by atoms with Crippen LogP contribution in [0.5, 0.6) is 0 Å². The number of ether oxygens (including phenoxy) is 1. The molecule has 1 aliphatic rings. The van der Waals surface area contributed by atoms with Crippen LogP contribution in [0.3, 0.4) is 0 Å². The van der Waals surface area contributed by atoms with E-state index in [1.54, 1.807) is 19.1 Å². The molecule has 0 radical (unpaired) electrons. The van der Waals surface area contributed by atoms with Crippen molar-refractivity contribution in [3.63, 3.8) is 0 Å². The Bertz CT molecular complexity index is 567. The van der Waals surface area contributed by atoms with Crippen molar-refractivity contribution in [2.45, 2.75) is 19.6 Å². The van der Waals surface area contributed by atoms with Gasteiger partial charge in [-0.2, -0.15) is 0 Å². The summed E-state index contributed by atoms with van der Waals surface area (Å²) in [5.74, 6) is -0.458. The zero-order valence-corrected chi connectivity index (χ0v) is 13.0. The lowest BCUT2D eigenvalue weighted by Gasteiger charge is -2.21. The summed E-state index contributed by atoms with van der Waals surface area (Å²) in [6.07, 6.45) is -0.900. The Morgan fingerprint density at radius 1 is 1.43 bits per heavy atom. The third-order valence-electron chi connectivity index (χ3n) is 2.86. The zero-order chi connectivity index (χ0) is 15.6. The predicted molar refractivity (Wildman–Crippen MR) is 78.2 cm³/mol. The van der Waals surface area contributed by atoms with Gasteiger partial charge in [-0.3, -0.25) is 9.69 Å². The SMILES string of the molecule is CCOC(=O)C[C@@H]1ON(C)C(=O)N1c1ccc(Cl)cc1Cl. The van der Waals surface area contributed by atoms with E-state index in [1.165, 1.54) is 18.0 Å². The van der Waals surface area contributed by atoms with Crippen molar-refractivity contribution in [1.29, 1.82) is 0 Å². The number of hydrogen-bond acceptors (Lipinski definition) is 4. The summed E-state index contributed by atoms with van der Waals surface area (Å²) in [7, 11) is 1.46. The Morgan fingerprint density at radius 2 is 2.14 bits per heavy atom. The standard InChI is InChI=1S/C13H14Cl2N2O4/c1-3-20-12(18)7-11-17(13(19)16(2)21-11)10-5-4-8(14)6-9(10)15/h4-6,11H,3,7H2,1-2H3/t11-/m0/s1. The number of urea groups is 1. The summed E-state index contributed by atoms with van der Waals surface area (Å²) in [6.45, 7) is 1.97. The summed E-state index contributed by atoms with van der Waals surface area (Å²) in [4.78, 5) is 30.5. The van der Waals surface area contributed by atoms with Crippen LogP contribution in [0, 0.1) is 0 Å². The molecule has 1 fully saturated rings. The first-order valence-corrected chi connectivity index (χ1v) is 7.04. The highest BCUT2D eigenvalue weighted by Gasteiger charge is 2.40. The van der Waals surface area contributed by atoms with Gasteiger partial charge in [-0.25, -0.2) is 14.7 Å². The summed E-state index contributed by atoms with van der Waals surface area (Å²) >= 11 is 12.0. The molecule has 1 aromatic rings.